The number of alkyl halides is 6. The van der Waals surface area contributed by atoms with Crippen LogP contribution < -0.4 is 0 Å². The molecule has 1 rings (SSSR count). The fourth-order valence-corrected chi connectivity index (χ4v) is 2.44. The third kappa shape index (κ3) is 3.62. The Hall–Kier alpha value is -0.750. The van der Waals surface area contributed by atoms with Gasteiger partial charge in [0.25, 0.3) is 0 Å². The molecule has 1 aliphatic rings. The van der Waals surface area contributed by atoms with Crippen molar-refractivity contribution in [2.24, 2.45) is 17.8 Å². The summed E-state index contributed by atoms with van der Waals surface area (Å²) in [6, 6.07) is 0. The molecule has 1 saturated carbocycles. The van der Waals surface area contributed by atoms with Crippen molar-refractivity contribution < 1.29 is 31.1 Å². The van der Waals surface area contributed by atoms with Crippen molar-refractivity contribution in [3.63, 3.8) is 0 Å². The van der Waals surface area contributed by atoms with Crippen LogP contribution in [0.5, 0.6) is 0 Å². The molecule has 106 valence electrons. The Morgan fingerprint density at radius 1 is 1.06 bits per heavy atom. The molecular weight excluding hydrogens is 262 g/mol. The van der Waals surface area contributed by atoms with Gasteiger partial charge in [0.05, 0.1) is 0 Å². The summed E-state index contributed by atoms with van der Waals surface area (Å²) >= 11 is 0. The number of hydrogen-bond acceptors (Lipinski definition) is 1. The van der Waals surface area contributed by atoms with E-state index in [0.29, 0.717) is 6.42 Å². The van der Waals surface area contributed by atoms with Crippen molar-refractivity contribution in [3.05, 3.63) is 0 Å². The van der Waals surface area contributed by atoms with Gasteiger partial charge in [0.1, 0.15) is 0 Å². The number of hydrogen-bond donors (Lipinski definition) is 0. The molecule has 7 heteroatoms. The van der Waals surface area contributed by atoms with Gasteiger partial charge in [-0.15, -0.1) is 0 Å². The zero-order valence-corrected chi connectivity index (χ0v) is 9.74. The number of rotatable bonds is 2. The molecule has 1 nitrogen and oxygen atoms in total. The number of Topliss-reactive ketones (excluding diaryl/α,β-unsaturated/α-hetero) is 1. The summed E-state index contributed by atoms with van der Waals surface area (Å²) in [5.41, 5.74) is 0. The molecule has 0 radical (unpaired) electrons. The van der Waals surface area contributed by atoms with Crippen LogP contribution in [0.2, 0.25) is 0 Å². The molecule has 18 heavy (non-hydrogen) atoms. The van der Waals surface area contributed by atoms with E-state index in [1.54, 1.807) is 6.92 Å². The second-order valence-electron chi connectivity index (χ2n) is 4.89. The fourth-order valence-electron chi connectivity index (χ4n) is 2.44. The van der Waals surface area contributed by atoms with Gasteiger partial charge in [-0.25, -0.2) is 0 Å². The third-order valence-corrected chi connectivity index (χ3v) is 3.28. The maximum atomic E-state index is 12.4. The summed E-state index contributed by atoms with van der Waals surface area (Å²) < 4.78 is 74.3. The van der Waals surface area contributed by atoms with Gasteiger partial charge in [0, 0.05) is 5.92 Å². The lowest BCUT2D eigenvalue weighted by atomic mass is 9.77. The van der Waals surface area contributed by atoms with Gasteiger partial charge in [-0.1, -0.05) is 19.8 Å². The topological polar surface area (TPSA) is 17.1 Å². The normalized spacial score (nSPS) is 26.4. The molecule has 0 heterocycles. The standard InChI is InChI=1S/C11H14F6O/c1-6-3-2-4-7(5-6)8(18)9(10(12,13)14)11(15,16)17/h6-7,9H,2-5H2,1H3. The first-order chi connectivity index (χ1) is 8.03. The first-order valence-electron chi connectivity index (χ1n) is 5.70. The Kier molecular flexibility index (Phi) is 4.33. The SMILES string of the molecule is CC1CCCC(C(=O)C(C(F)(F)F)C(F)(F)F)C1. The van der Waals surface area contributed by atoms with E-state index < -0.39 is 30.0 Å². The second-order valence-corrected chi connectivity index (χ2v) is 4.89. The molecule has 0 spiro atoms. The average Bonchev–Trinajstić information content (AvgIpc) is 2.12. The predicted octanol–water partition coefficient (Wildman–Crippen LogP) is 4.12. The largest absolute Gasteiger partial charge is 0.407 e. The summed E-state index contributed by atoms with van der Waals surface area (Å²) in [5.74, 6) is -6.68. The number of ketones is 1. The van der Waals surface area contributed by atoms with E-state index in [1.807, 2.05) is 0 Å². The van der Waals surface area contributed by atoms with Crippen molar-refractivity contribution in [3.8, 4) is 0 Å². The minimum absolute atomic E-state index is 0.00480. The van der Waals surface area contributed by atoms with Crippen LogP contribution in [0.15, 0.2) is 0 Å². The van der Waals surface area contributed by atoms with Gasteiger partial charge in [-0.3, -0.25) is 4.79 Å². The highest BCUT2D eigenvalue weighted by Crippen LogP contribution is 2.43. The van der Waals surface area contributed by atoms with Gasteiger partial charge in [0.2, 0.25) is 5.92 Å². The number of halogens is 6. The molecule has 0 bridgehead atoms. The third-order valence-electron chi connectivity index (χ3n) is 3.28. The van der Waals surface area contributed by atoms with E-state index in [0.717, 1.165) is 6.42 Å². The quantitative estimate of drug-likeness (QED) is 0.693. The van der Waals surface area contributed by atoms with Crippen molar-refractivity contribution in [1.82, 2.24) is 0 Å². The first kappa shape index (κ1) is 15.3. The van der Waals surface area contributed by atoms with Gasteiger partial charge in [-0.05, 0) is 18.8 Å². The summed E-state index contributed by atoms with van der Waals surface area (Å²) in [7, 11) is 0. The van der Waals surface area contributed by atoms with E-state index >= 15 is 0 Å². The minimum atomic E-state index is -5.56. The highest BCUT2D eigenvalue weighted by molar-refractivity contribution is 5.85. The zero-order chi connectivity index (χ0) is 14.1. The summed E-state index contributed by atoms with van der Waals surface area (Å²) in [5, 5.41) is 0. The smallest absolute Gasteiger partial charge is 0.298 e. The highest BCUT2D eigenvalue weighted by Gasteiger charge is 2.61. The predicted molar refractivity (Wildman–Crippen MR) is 51.7 cm³/mol. The Labute approximate surface area is 101 Å². The second kappa shape index (κ2) is 5.09. The Morgan fingerprint density at radius 3 is 1.94 bits per heavy atom. The first-order valence-corrected chi connectivity index (χ1v) is 5.70. The van der Waals surface area contributed by atoms with Crippen molar-refractivity contribution in [1.29, 1.82) is 0 Å². The van der Waals surface area contributed by atoms with Crippen molar-refractivity contribution in [2.45, 2.75) is 45.0 Å². The Bertz CT molecular complexity index is 292. The monoisotopic (exact) mass is 276 g/mol. The molecule has 2 atom stereocenters. The lowest BCUT2D eigenvalue weighted by Crippen LogP contribution is -2.45. The molecule has 0 aromatic rings. The minimum Gasteiger partial charge on any atom is -0.298 e. The van der Waals surface area contributed by atoms with E-state index in [2.05, 4.69) is 0 Å². The van der Waals surface area contributed by atoms with Crippen LogP contribution >= 0.6 is 0 Å². The van der Waals surface area contributed by atoms with Crippen LogP contribution in [0.3, 0.4) is 0 Å². The van der Waals surface area contributed by atoms with Crippen LogP contribution in [-0.2, 0) is 4.79 Å². The van der Waals surface area contributed by atoms with Crippen LogP contribution in [0.4, 0.5) is 26.3 Å². The Balaban J connectivity index is 2.90. The van der Waals surface area contributed by atoms with E-state index in [1.165, 1.54) is 0 Å². The molecule has 0 aromatic carbocycles. The summed E-state index contributed by atoms with van der Waals surface area (Å²) in [6.07, 6.45) is -9.65. The highest BCUT2D eigenvalue weighted by atomic mass is 19.4. The maximum Gasteiger partial charge on any atom is 0.407 e. The van der Waals surface area contributed by atoms with E-state index in [9.17, 15) is 31.1 Å². The fraction of sp³-hybridized carbons (Fsp3) is 0.909. The molecule has 0 aromatic heterocycles. The number of carbonyl (C=O) groups is 1. The van der Waals surface area contributed by atoms with E-state index in [4.69, 9.17) is 0 Å². The lowest BCUT2D eigenvalue weighted by molar-refractivity contribution is -0.275. The van der Waals surface area contributed by atoms with Gasteiger partial charge >= 0.3 is 12.4 Å². The van der Waals surface area contributed by atoms with Crippen molar-refractivity contribution in [2.75, 3.05) is 0 Å². The number of carbonyl (C=O) groups excluding carboxylic acids is 1. The van der Waals surface area contributed by atoms with Crippen LogP contribution in [0, 0.1) is 17.8 Å². The van der Waals surface area contributed by atoms with Crippen LogP contribution in [-0.4, -0.2) is 18.1 Å². The van der Waals surface area contributed by atoms with E-state index in [-0.39, 0.29) is 18.8 Å². The molecule has 0 amide bonds. The molecule has 2 unspecified atom stereocenters. The summed E-state index contributed by atoms with van der Waals surface area (Å²) in [4.78, 5) is 11.5. The molecule has 1 fully saturated rings. The molecule has 0 saturated heterocycles. The van der Waals surface area contributed by atoms with Crippen molar-refractivity contribution >= 4 is 5.78 Å². The molecule has 0 aliphatic heterocycles. The van der Waals surface area contributed by atoms with Crippen LogP contribution in [0.25, 0.3) is 0 Å². The van der Waals surface area contributed by atoms with Gasteiger partial charge in [-0.2, -0.15) is 26.3 Å². The van der Waals surface area contributed by atoms with Gasteiger partial charge in [0.15, 0.2) is 5.78 Å². The lowest BCUT2D eigenvalue weighted by Gasteiger charge is -2.30. The average molecular weight is 276 g/mol. The summed E-state index contributed by atoms with van der Waals surface area (Å²) in [6.45, 7) is 1.73. The molecular formula is C11H14F6O. The van der Waals surface area contributed by atoms with Crippen LogP contribution in [0.1, 0.15) is 32.6 Å². The molecule has 1 aliphatic carbocycles. The van der Waals surface area contributed by atoms with Gasteiger partial charge < -0.3 is 0 Å². The molecule has 0 N–H and O–H groups in total. The zero-order valence-electron chi connectivity index (χ0n) is 9.74. The Morgan fingerprint density at radius 2 is 1.56 bits per heavy atom. The maximum absolute atomic E-state index is 12.4.